The van der Waals surface area contributed by atoms with E-state index in [2.05, 4.69) is 4.98 Å². The first-order valence-corrected chi connectivity index (χ1v) is 9.86. The van der Waals surface area contributed by atoms with Crippen molar-refractivity contribution < 1.29 is 33.5 Å². The average Bonchev–Trinajstić information content (AvgIpc) is 3.24. The van der Waals surface area contributed by atoms with E-state index in [0.717, 1.165) is 4.90 Å². The van der Waals surface area contributed by atoms with Gasteiger partial charge in [0.25, 0.3) is 11.8 Å². The number of benzene rings is 1. The maximum Gasteiger partial charge on any atom is 0.416 e. The molecule has 1 aromatic heterocycles. The number of amides is 3. The van der Waals surface area contributed by atoms with Crippen molar-refractivity contribution in [3.8, 4) is 5.88 Å². The summed E-state index contributed by atoms with van der Waals surface area (Å²) in [4.78, 5) is 61.7. The van der Waals surface area contributed by atoms with Crippen LogP contribution in [0.15, 0.2) is 36.4 Å². The Hall–Kier alpha value is -3.95. The van der Waals surface area contributed by atoms with Crippen LogP contribution in [0, 0.1) is 0 Å². The van der Waals surface area contributed by atoms with Gasteiger partial charge in [0.1, 0.15) is 17.5 Å². The van der Waals surface area contributed by atoms with Crippen LogP contribution >= 0.6 is 0 Å². The lowest BCUT2D eigenvalue weighted by atomic mass is 10.1. The molecule has 0 aliphatic carbocycles. The summed E-state index contributed by atoms with van der Waals surface area (Å²) in [6.07, 6.45) is -0.755. The van der Waals surface area contributed by atoms with E-state index in [4.69, 9.17) is 14.3 Å². The minimum absolute atomic E-state index is 0.0631. The molecular weight excluding hydrogens is 418 g/mol. The molecule has 1 atom stereocenters. The Morgan fingerprint density at radius 1 is 1.03 bits per heavy atom. The summed E-state index contributed by atoms with van der Waals surface area (Å²) in [6.45, 7) is 5.06. The number of pyridine rings is 1. The van der Waals surface area contributed by atoms with Crippen LogP contribution in [0.1, 0.15) is 47.1 Å². The van der Waals surface area contributed by atoms with E-state index in [1.54, 1.807) is 45.0 Å². The first kappa shape index (κ1) is 21.3. The smallest absolute Gasteiger partial charge is 0.416 e. The molecule has 0 saturated heterocycles. The summed E-state index contributed by atoms with van der Waals surface area (Å²) in [5.74, 6) is -2.05. The Balaban J connectivity index is 1.63. The van der Waals surface area contributed by atoms with Crippen LogP contribution in [0.2, 0.25) is 0 Å². The van der Waals surface area contributed by atoms with Gasteiger partial charge in [0.2, 0.25) is 5.88 Å². The number of carbonyl (C=O) groups excluding carboxylic acids is 4. The number of anilines is 1. The fourth-order valence-electron chi connectivity index (χ4n) is 3.50. The second kappa shape index (κ2) is 7.63. The minimum atomic E-state index is -1.19. The van der Waals surface area contributed by atoms with Crippen molar-refractivity contribution in [1.82, 2.24) is 10.0 Å². The van der Waals surface area contributed by atoms with E-state index in [0.29, 0.717) is 10.6 Å². The van der Waals surface area contributed by atoms with Gasteiger partial charge in [0.15, 0.2) is 0 Å². The second-order valence-corrected chi connectivity index (χ2v) is 8.27. The highest BCUT2D eigenvalue weighted by Gasteiger charge is 2.46. The van der Waals surface area contributed by atoms with Crippen molar-refractivity contribution in [2.45, 2.75) is 38.8 Å². The highest BCUT2D eigenvalue weighted by molar-refractivity contribution is 6.21. The van der Waals surface area contributed by atoms with Crippen molar-refractivity contribution in [1.29, 1.82) is 0 Å². The molecule has 2 aliphatic heterocycles. The number of hydrogen-bond acceptors (Lipinski definition) is 8. The predicted molar refractivity (Wildman–Crippen MR) is 110 cm³/mol. The zero-order chi connectivity index (χ0) is 23.2. The van der Waals surface area contributed by atoms with E-state index < -0.39 is 35.5 Å². The van der Waals surface area contributed by atoms with E-state index >= 15 is 0 Å². The van der Waals surface area contributed by atoms with Crippen molar-refractivity contribution in [2.24, 2.45) is 0 Å². The van der Waals surface area contributed by atoms with Gasteiger partial charge in [-0.2, -0.15) is 4.98 Å². The zero-order valence-corrected chi connectivity index (χ0v) is 17.9. The molecule has 3 amide bonds. The molecule has 0 saturated carbocycles. The van der Waals surface area contributed by atoms with Crippen LogP contribution in [0.4, 0.5) is 10.6 Å². The Bertz CT molecular complexity index is 1100. The quantitative estimate of drug-likeness (QED) is 0.670. The van der Waals surface area contributed by atoms with E-state index in [-0.39, 0.29) is 29.2 Å². The van der Waals surface area contributed by atoms with Crippen molar-refractivity contribution in [2.75, 3.05) is 12.0 Å². The lowest BCUT2D eigenvalue weighted by molar-refractivity contribution is -0.170. The standard InChI is InChI=1S/C22H21N3O7/c1-22(2,3)31-21(29)24-15(11-12-9-10-16(30-4)23-17(12)24)20(28)32-25-18(26)13-7-5-6-8-14(13)19(25)27/h5-10,15H,11H2,1-4H3. The van der Waals surface area contributed by atoms with Gasteiger partial charge < -0.3 is 14.3 Å². The number of hydroxylamine groups is 2. The van der Waals surface area contributed by atoms with Crippen LogP contribution in [0.5, 0.6) is 5.88 Å². The summed E-state index contributed by atoms with van der Waals surface area (Å²) < 4.78 is 10.6. The fourth-order valence-corrected chi connectivity index (χ4v) is 3.50. The normalized spacial score (nSPS) is 17.2. The van der Waals surface area contributed by atoms with Gasteiger partial charge in [-0.15, -0.1) is 0 Å². The number of fused-ring (bicyclic) bond motifs is 2. The Morgan fingerprint density at radius 3 is 2.22 bits per heavy atom. The van der Waals surface area contributed by atoms with Gasteiger partial charge in [-0.05, 0) is 44.5 Å². The van der Waals surface area contributed by atoms with Crippen LogP contribution in [-0.4, -0.2) is 52.7 Å². The molecule has 2 aromatic rings. The van der Waals surface area contributed by atoms with Gasteiger partial charge in [-0.1, -0.05) is 17.2 Å². The number of nitrogens with zero attached hydrogens (tertiary/aromatic N) is 3. The molecule has 10 nitrogen and oxygen atoms in total. The van der Waals surface area contributed by atoms with Gasteiger partial charge in [0, 0.05) is 12.5 Å². The van der Waals surface area contributed by atoms with Gasteiger partial charge >= 0.3 is 12.1 Å². The van der Waals surface area contributed by atoms with Crippen LogP contribution in [0.25, 0.3) is 0 Å². The van der Waals surface area contributed by atoms with Crippen molar-refractivity contribution >= 4 is 29.7 Å². The Kier molecular flexibility index (Phi) is 5.08. The molecule has 0 radical (unpaired) electrons. The number of ether oxygens (including phenoxy) is 2. The van der Waals surface area contributed by atoms with Gasteiger partial charge in [-0.3, -0.25) is 9.59 Å². The third-order valence-electron chi connectivity index (χ3n) is 4.89. The summed E-state index contributed by atoms with van der Waals surface area (Å²) in [6, 6.07) is 8.23. The first-order valence-electron chi connectivity index (χ1n) is 9.86. The molecule has 32 heavy (non-hydrogen) atoms. The molecule has 2 aliphatic rings. The molecule has 1 aromatic carbocycles. The largest absolute Gasteiger partial charge is 0.481 e. The number of imide groups is 1. The lowest BCUT2D eigenvalue weighted by Crippen LogP contribution is -2.48. The maximum atomic E-state index is 13.1. The van der Waals surface area contributed by atoms with Crippen LogP contribution < -0.4 is 9.64 Å². The monoisotopic (exact) mass is 439 g/mol. The summed E-state index contributed by atoms with van der Waals surface area (Å²) >= 11 is 0. The Labute approximate surface area is 183 Å². The van der Waals surface area contributed by atoms with Crippen LogP contribution in [0.3, 0.4) is 0 Å². The average molecular weight is 439 g/mol. The molecule has 1 unspecified atom stereocenters. The number of carbonyl (C=O) groups is 4. The molecule has 10 heteroatoms. The molecule has 4 rings (SSSR count). The fraction of sp³-hybridized carbons (Fsp3) is 0.318. The highest BCUT2D eigenvalue weighted by atomic mass is 16.7. The van der Waals surface area contributed by atoms with E-state index in [9.17, 15) is 19.2 Å². The predicted octanol–water partition coefficient (Wildman–Crippen LogP) is 2.51. The lowest BCUT2D eigenvalue weighted by Gasteiger charge is -2.28. The molecular formula is C22H21N3O7. The highest BCUT2D eigenvalue weighted by Crippen LogP contribution is 2.34. The second-order valence-electron chi connectivity index (χ2n) is 8.27. The van der Waals surface area contributed by atoms with Crippen molar-refractivity contribution in [3.05, 3.63) is 53.1 Å². The molecule has 166 valence electrons. The summed E-state index contributed by atoms with van der Waals surface area (Å²) in [5.41, 5.74) is 0.0159. The summed E-state index contributed by atoms with van der Waals surface area (Å²) in [5, 5.41) is 0.414. The summed E-state index contributed by atoms with van der Waals surface area (Å²) in [7, 11) is 1.43. The van der Waals surface area contributed by atoms with Crippen LogP contribution in [-0.2, 0) is 20.8 Å². The Morgan fingerprint density at radius 2 is 1.66 bits per heavy atom. The first-order chi connectivity index (χ1) is 15.1. The number of methoxy groups -OCH3 is 1. The van der Waals surface area contributed by atoms with Gasteiger partial charge in [0.05, 0.1) is 18.2 Å². The molecule has 0 bridgehead atoms. The van der Waals surface area contributed by atoms with Gasteiger partial charge in [-0.25, -0.2) is 14.5 Å². The number of aromatic nitrogens is 1. The minimum Gasteiger partial charge on any atom is -0.481 e. The molecule has 0 N–H and O–H groups in total. The molecule has 0 fully saturated rings. The molecule has 0 spiro atoms. The van der Waals surface area contributed by atoms with Crippen molar-refractivity contribution in [3.63, 3.8) is 0 Å². The number of rotatable bonds is 3. The van der Waals surface area contributed by atoms with E-state index in [1.807, 2.05) is 0 Å². The number of hydrogen-bond donors (Lipinski definition) is 0. The SMILES string of the molecule is COc1ccc2c(n1)N(C(=O)OC(C)(C)C)C(C(=O)ON1C(=O)c3ccccc3C1=O)C2. The maximum absolute atomic E-state index is 13.1. The molecule has 3 heterocycles. The van der Waals surface area contributed by atoms with E-state index in [1.165, 1.54) is 19.2 Å². The zero-order valence-electron chi connectivity index (χ0n) is 17.9. The third-order valence-corrected chi connectivity index (χ3v) is 4.89. The topological polar surface area (TPSA) is 115 Å². The third kappa shape index (κ3) is 3.64.